The van der Waals surface area contributed by atoms with Crippen molar-refractivity contribution in [3.63, 3.8) is 0 Å². The van der Waals surface area contributed by atoms with Gasteiger partial charge in [0.15, 0.2) is 0 Å². The molecule has 0 radical (unpaired) electrons. The third-order valence-corrected chi connectivity index (χ3v) is 5.97. The van der Waals surface area contributed by atoms with Gasteiger partial charge in [0.1, 0.15) is 0 Å². The maximum absolute atomic E-state index is 13.2. The molecule has 1 aliphatic rings. The number of aromatic nitrogens is 2. The second-order valence-electron chi connectivity index (χ2n) is 7.53. The van der Waals surface area contributed by atoms with Gasteiger partial charge in [0.25, 0.3) is 5.89 Å². The summed E-state index contributed by atoms with van der Waals surface area (Å²) in [7, 11) is 0. The first-order chi connectivity index (χ1) is 16.0. The van der Waals surface area contributed by atoms with E-state index in [0.29, 0.717) is 38.7 Å². The molecule has 1 atom stereocenters. The molecule has 1 unspecified atom stereocenters. The van der Waals surface area contributed by atoms with Gasteiger partial charge in [-0.25, -0.2) is 4.79 Å². The van der Waals surface area contributed by atoms with Crippen molar-refractivity contribution in [3.8, 4) is 11.4 Å². The van der Waals surface area contributed by atoms with E-state index < -0.39 is 6.04 Å². The Balaban J connectivity index is 1.64. The molecule has 2 amide bonds. The van der Waals surface area contributed by atoms with E-state index in [4.69, 9.17) is 27.7 Å². The van der Waals surface area contributed by atoms with Crippen LogP contribution >= 0.6 is 23.2 Å². The number of allylic oxidation sites excluding steroid dienone is 1. The minimum atomic E-state index is -0.458. The Labute approximate surface area is 200 Å². The molecule has 3 aromatic carbocycles. The zero-order chi connectivity index (χ0) is 22.9. The first-order valence-corrected chi connectivity index (χ1v) is 11.0. The number of hydrogen-bond acceptors (Lipinski definition) is 4. The summed E-state index contributed by atoms with van der Waals surface area (Å²) in [5.74, 6) is 0.758. The van der Waals surface area contributed by atoms with Crippen molar-refractivity contribution < 1.29 is 9.32 Å². The highest BCUT2D eigenvalue weighted by atomic mass is 35.5. The predicted molar refractivity (Wildman–Crippen MR) is 129 cm³/mol. The van der Waals surface area contributed by atoms with Gasteiger partial charge in [-0.15, -0.1) is 0 Å². The van der Waals surface area contributed by atoms with Crippen molar-refractivity contribution in [1.29, 1.82) is 0 Å². The number of nitrogens with zero attached hydrogens (tertiary/aromatic N) is 3. The Kier molecular flexibility index (Phi) is 5.62. The van der Waals surface area contributed by atoms with Gasteiger partial charge >= 0.3 is 6.03 Å². The average Bonchev–Trinajstić information content (AvgIpc) is 3.30. The number of anilines is 1. The number of urea groups is 1. The topological polar surface area (TPSA) is 71.3 Å². The summed E-state index contributed by atoms with van der Waals surface area (Å²) in [6, 6.07) is 23.2. The summed E-state index contributed by atoms with van der Waals surface area (Å²) in [4.78, 5) is 19.4. The number of rotatable bonds is 4. The fourth-order valence-electron chi connectivity index (χ4n) is 3.87. The molecule has 6 nitrogen and oxygen atoms in total. The smallest absolute Gasteiger partial charge is 0.326 e. The SMILES string of the molecule is CC1=C(c2nc(-c3ccc(Cl)cc3)no2)C(c2ccccc2)NC(=O)N1c1ccc(Cl)cc1. The molecule has 4 aromatic rings. The lowest BCUT2D eigenvalue weighted by molar-refractivity contribution is 0.244. The second-order valence-corrected chi connectivity index (χ2v) is 8.41. The normalized spacial score (nSPS) is 16.2. The molecule has 5 rings (SSSR count). The Morgan fingerprint density at radius 3 is 2.21 bits per heavy atom. The summed E-state index contributed by atoms with van der Waals surface area (Å²) >= 11 is 12.1. The lowest BCUT2D eigenvalue weighted by Crippen LogP contribution is -2.46. The summed E-state index contributed by atoms with van der Waals surface area (Å²) in [6.07, 6.45) is 0. The van der Waals surface area contributed by atoms with Crippen molar-refractivity contribution in [1.82, 2.24) is 15.5 Å². The Bertz CT molecular complexity index is 1330. The van der Waals surface area contributed by atoms with Crippen molar-refractivity contribution in [2.24, 2.45) is 0 Å². The van der Waals surface area contributed by atoms with Crippen LogP contribution in [-0.2, 0) is 0 Å². The minimum Gasteiger partial charge on any atom is -0.334 e. The highest BCUT2D eigenvalue weighted by molar-refractivity contribution is 6.31. The van der Waals surface area contributed by atoms with Gasteiger partial charge in [0.2, 0.25) is 5.82 Å². The van der Waals surface area contributed by atoms with E-state index in [1.807, 2.05) is 49.4 Å². The molecule has 164 valence electrons. The van der Waals surface area contributed by atoms with Crippen molar-refractivity contribution in [2.75, 3.05) is 4.90 Å². The van der Waals surface area contributed by atoms with Gasteiger partial charge in [-0.1, -0.05) is 58.7 Å². The lowest BCUT2D eigenvalue weighted by atomic mass is 9.94. The first-order valence-electron chi connectivity index (χ1n) is 10.2. The zero-order valence-corrected chi connectivity index (χ0v) is 19.0. The summed E-state index contributed by atoms with van der Waals surface area (Å²) in [5.41, 5.74) is 3.75. The standard InChI is InChI=1S/C25H18Cl2N4O2/c1-15-21(24-29-23(30-33-24)17-7-9-18(26)10-8-17)22(16-5-3-2-4-6-16)28-25(32)31(15)20-13-11-19(27)12-14-20/h2-14,22H,1H3,(H,28,32). The van der Waals surface area contributed by atoms with E-state index in [1.165, 1.54) is 0 Å². The van der Waals surface area contributed by atoms with E-state index in [9.17, 15) is 4.79 Å². The summed E-state index contributed by atoms with van der Waals surface area (Å²) < 4.78 is 5.70. The predicted octanol–water partition coefficient (Wildman–Crippen LogP) is 6.75. The lowest BCUT2D eigenvalue weighted by Gasteiger charge is -2.35. The molecule has 33 heavy (non-hydrogen) atoms. The van der Waals surface area contributed by atoms with Crippen LogP contribution in [0.5, 0.6) is 0 Å². The van der Waals surface area contributed by atoms with E-state index in [-0.39, 0.29) is 6.03 Å². The number of nitrogens with one attached hydrogen (secondary N) is 1. The minimum absolute atomic E-state index is 0.259. The summed E-state index contributed by atoms with van der Waals surface area (Å²) in [5, 5.41) is 8.46. The highest BCUT2D eigenvalue weighted by Gasteiger charge is 2.36. The Morgan fingerprint density at radius 2 is 1.55 bits per heavy atom. The van der Waals surface area contributed by atoms with Crippen LogP contribution < -0.4 is 10.2 Å². The van der Waals surface area contributed by atoms with Gasteiger partial charge < -0.3 is 9.84 Å². The number of carbonyl (C=O) groups is 1. The molecule has 0 spiro atoms. The third kappa shape index (κ3) is 4.11. The van der Waals surface area contributed by atoms with Crippen LogP contribution in [0.4, 0.5) is 10.5 Å². The van der Waals surface area contributed by atoms with Crippen LogP contribution in [0.1, 0.15) is 24.4 Å². The molecule has 2 heterocycles. The number of hydrogen-bond donors (Lipinski definition) is 1. The quantitative estimate of drug-likeness (QED) is 0.353. The molecule has 0 fully saturated rings. The van der Waals surface area contributed by atoms with E-state index in [1.54, 1.807) is 41.3 Å². The Hall–Kier alpha value is -3.61. The molecule has 1 aliphatic heterocycles. The van der Waals surface area contributed by atoms with Crippen LogP contribution in [0, 0.1) is 0 Å². The van der Waals surface area contributed by atoms with Crippen LogP contribution in [0.25, 0.3) is 17.0 Å². The van der Waals surface area contributed by atoms with Gasteiger partial charge in [-0.2, -0.15) is 4.98 Å². The van der Waals surface area contributed by atoms with Gasteiger partial charge in [-0.3, -0.25) is 4.90 Å². The Morgan fingerprint density at radius 1 is 0.909 bits per heavy atom. The molecular formula is C25H18Cl2N4O2. The van der Waals surface area contributed by atoms with Crippen LogP contribution in [0.2, 0.25) is 10.0 Å². The van der Waals surface area contributed by atoms with E-state index >= 15 is 0 Å². The van der Waals surface area contributed by atoms with Crippen molar-refractivity contribution in [2.45, 2.75) is 13.0 Å². The zero-order valence-electron chi connectivity index (χ0n) is 17.5. The fourth-order valence-corrected chi connectivity index (χ4v) is 4.12. The summed E-state index contributed by atoms with van der Waals surface area (Å²) in [6.45, 7) is 1.87. The molecule has 1 N–H and O–H groups in total. The number of amides is 2. The maximum Gasteiger partial charge on any atom is 0.326 e. The van der Waals surface area contributed by atoms with Crippen LogP contribution in [0.15, 0.2) is 89.1 Å². The molecular weight excluding hydrogens is 459 g/mol. The maximum atomic E-state index is 13.2. The molecule has 0 bridgehead atoms. The molecule has 0 saturated carbocycles. The number of benzene rings is 3. The van der Waals surface area contributed by atoms with Crippen LogP contribution in [-0.4, -0.2) is 16.2 Å². The van der Waals surface area contributed by atoms with Gasteiger partial charge in [0, 0.05) is 21.3 Å². The van der Waals surface area contributed by atoms with Crippen LogP contribution in [0.3, 0.4) is 0 Å². The molecule has 8 heteroatoms. The van der Waals surface area contributed by atoms with Gasteiger partial charge in [0.05, 0.1) is 17.3 Å². The van der Waals surface area contributed by atoms with E-state index in [0.717, 1.165) is 11.1 Å². The third-order valence-electron chi connectivity index (χ3n) is 5.46. The molecule has 0 aliphatic carbocycles. The van der Waals surface area contributed by atoms with Crippen molar-refractivity contribution in [3.05, 3.63) is 106 Å². The first kappa shape index (κ1) is 21.2. The largest absolute Gasteiger partial charge is 0.334 e. The monoisotopic (exact) mass is 476 g/mol. The number of carbonyl (C=O) groups excluding carboxylic acids is 1. The van der Waals surface area contributed by atoms with Gasteiger partial charge in [-0.05, 0) is 61.0 Å². The molecule has 0 saturated heterocycles. The average molecular weight is 477 g/mol. The second kappa shape index (κ2) is 8.73. The highest BCUT2D eigenvalue weighted by Crippen LogP contribution is 2.39. The molecule has 1 aromatic heterocycles. The van der Waals surface area contributed by atoms with Crippen molar-refractivity contribution >= 4 is 40.5 Å². The fraction of sp³-hybridized carbons (Fsp3) is 0.0800. The number of halogens is 2. The van der Waals surface area contributed by atoms with E-state index in [2.05, 4.69) is 15.5 Å².